The van der Waals surface area contributed by atoms with E-state index in [1.54, 1.807) is 13.0 Å². The summed E-state index contributed by atoms with van der Waals surface area (Å²) in [7, 11) is 1.38. The van der Waals surface area contributed by atoms with Gasteiger partial charge in [-0.3, -0.25) is 9.59 Å². The Morgan fingerprint density at radius 2 is 2.25 bits per heavy atom. The molecule has 5 nitrogen and oxygen atoms in total. The number of benzene rings is 1. The van der Waals surface area contributed by atoms with Crippen molar-refractivity contribution in [3.63, 3.8) is 0 Å². The van der Waals surface area contributed by atoms with Crippen molar-refractivity contribution in [2.24, 2.45) is 5.92 Å². The van der Waals surface area contributed by atoms with Crippen LogP contribution in [0.2, 0.25) is 0 Å². The molecule has 1 saturated heterocycles. The second-order valence-electron chi connectivity index (χ2n) is 4.86. The summed E-state index contributed by atoms with van der Waals surface area (Å²) in [6.07, 6.45) is -0.00168. The molecule has 20 heavy (non-hydrogen) atoms. The molecular formula is C14H16FNO4. The Morgan fingerprint density at radius 3 is 2.75 bits per heavy atom. The van der Waals surface area contributed by atoms with Crippen LogP contribution in [0.4, 0.5) is 4.39 Å². The second kappa shape index (κ2) is 5.48. The van der Waals surface area contributed by atoms with E-state index in [4.69, 9.17) is 9.84 Å². The molecule has 1 heterocycles. The third-order valence-corrected chi connectivity index (χ3v) is 3.63. The van der Waals surface area contributed by atoms with Crippen molar-refractivity contribution in [1.82, 2.24) is 4.90 Å². The van der Waals surface area contributed by atoms with E-state index in [1.165, 1.54) is 24.1 Å². The van der Waals surface area contributed by atoms with Crippen molar-refractivity contribution in [1.29, 1.82) is 0 Å². The first-order chi connectivity index (χ1) is 9.43. The van der Waals surface area contributed by atoms with Crippen molar-refractivity contribution in [2.75, 3.05) is 13.7 Å². The third kappa shape index (κ3) is 2.59. The SMILES string of the molecule is COc1ccc(C(C)N2CC(C(=O)O)CC2=O)cc1F. The van der Waals surface area contributed by atoms with Gasteiger partial charge in [-0.1, -0.05) is 6.07 Å². The lowest BCUT2D eigenvalue weighted by Gasteiger charge is -2.25. The summed E-state index contributed by atoms with van der Waals surface area (Å²) >= 11 is 0. The maximum atomic E-state index is 13.7. The first-order valence-electron chi connectivity index (χ1n) is 6.29. The van der Waals surface area contributed by atoms with Gasteiger partial charge in [-0.05, 0) is 24.6 Å². The number of likely N-dealkylation sites (tertiary alicyclic amines) is 1. The largest absolute Gasteiger partial charge is 0.494 e. The maximum absolute atomic E-state index is 13.7. The van der Waals surface area contributed by atoms with Crippen LogP contribution in [0.25, 0.3) is 0 Å². The summed E-state index contributed by atoms with van der Waals surface area (Å²) in [6, 6.07) is 4.11. The van der Waals surface area contributed by atoms with E-state index in [1.807, 2.05) is 0 Å². The highest BCUT2D eigenvalue weighted by molar-refractivity contribution is 5.86. The minimum Gasteiger partial charge on any atom is -0.494 e. The number of halogens is 1. The Morgan fingerprint density at radius 1 is 1.55 bits per heavy atom. The van der Waals surface area contributed by atoms with Crippen LogP contribution >= 0.6 is 0 Å². The Balaban J connectivity index is 2.19. The minimum absolute atomic E-state index is 0.00168. The van der Waals surface area contributed by atoms with Gasteiger partial charge in [-0.15, -0.1) is 0 Å². The van der Waals surface area contributed by atoms with E-state index in [0.29, 0.717) is 5.56 Å². The predicted octanol–water partition coefficient (Wildman–Crippen LogP) is 1.83. The van der Waals surface area contributed by atoms with Crippen LogP contribution in [0.5, 0.6) is 5.75 Å². The van der Waals surface area contributed by atoms with E-state index >= 15 is 0 Å². The molecule has 0 radical (unpaired) electrons. The molecule has 1 fully saturated rings. The minimum atomic E-state index is -0.978. The first-order valence-corrected chi connectivity index (χ1v) is 6.29. The third-order valence-electron chi connectivity index (χ3n) is 3.63. The number of carboxylic acid groups (broad SMARTS) is 1. The molecule has 1 amide bonds. The van der Waals surface area contributed by atoms with Crippen LogP contribution in [-0.4, -0.2) is 35.5 Å². The van der Waals surface area contributed by atoms with Crippen LogP contribution in [0.3, 0.4) is 0 Å². The molecule has 6 heteroatoms. The Labute approximate surface area is 116 Å². The number of hydrogen-bond acceptors (Lipinski definition) is 3. The number of carboxylic acids is 1. The van der Waals surface area contributed by atoms with Gasteiger partial charge in [-0.25, -0.2) is 4.39 Å². The van der Waals surface area contributed by atoms with Crippen LogP contribution in [0.1, 0.15) is 24.9 Å². The summed E-state index contributed by atoms with van der Waals surface area (Å²) in [6.45, 7) is 1.91. The van der Waals surface area contributed by atoms with Gasteiger partial charge >= 0.3 is 5.97 Å². The summed E-state index contributed by atoms with van der Waals surface area (Å²) in [4.78, 5) is 24.3. The molecule has 0 aliphatic carbocycles. The highest BCUT2D eigenvalue weighted by atomic mass is 19.1. The fourth-order valence-electron chi connectivity index (χ4n) is 2.39. The fourth-order valence-corrected chi connectivity index (χ4v) is 2.39. The van der Waals surface area contributed by atoms with E-state index in [9.17, 15) is 14.0 Å². The number of ether oxygens (including phenoxy) is 1. The van der Waals surface area contributed by atoms with Gasteiger partial charge in [0.1, 0.15) is 0 Å². The molecule has 2 unspecified atom stereocenters. The normalized spacial score (nSPS) is 20.1. The number of hydrogen-bond donors (Lipinski definition) is 1. The molecule has 0 saturated carbocycles. The van der Waals surface area contributed by atoms with Crippen molar-refractivity contribution in [2.45, 2.75) is 19.4 Å². The van der Waals surface area contributed by atoms with E-state index < -0.39 is 17.7 Å². The van der Waals surface area contributed by atoms with Crippen molar-refractivity contribution in [3.05, 3.63) is 29.6 Å². The Bertz CT molecular complexity index is 546. The number of carbonyl (C=O) groups is 2. The van der Waals surface area contributed by atoms with Crippen LogP contribution in [-0.2, 0) is 9.59 Å². The molecule has 0 bridgehead atoms. The van der Waals surface area contributed by atoms with Gasteiger partial charge in [-0.2, -0.15) is 0 Å². The molecule has 2 atom stereocenters. The lowest BCUT2D eigenvalue weighted by atomic mass is 10.1. The van der Waals surface area contributed by atoms with Gasteiger partial charge in [0, 0.05) is 13.0 Å². The van der Waals surface area contributed by atoms with Crippen LogP contribution in [0.15, 0.2) is 18.2 Å². The smallest absolute Gasteiger partial charge is 0.308 e. The quantitative estimate of drug-likeness (QED) is 0.914. The van der Waals surface area contributed by atoms with E-state index in [0.717, 1.165) is 0 Å². The number of carbonyl (C=O) groups excluding carboxylic acids is 1. The number of amides is 1. The molecule has 108 valence electrons. The van der Waals surface area contributed by atoms with Crippen molar-refractivity contribution in [3.8, 4) is 5.75 Å². The van der Waals surface area contributed by atoms with E-state index in [2.05, 4.69) is 0 Å². The van der Waals surface area contributed by atoms with Gasteiger partial charge in [0.05, 0.1) is 19.1 Å². The highest BCUT2D eigenvalue weighted by Gasteiger charge is 2.37. The summed E-state index contributed by atoms with van der Waals surface area (Å²) in [5, 5.41) is 8.96. The second-order valence-corrected chi connectivity index (χ2v) is 4.86. The number of nitrogens with zero attached hydrogens (tertiary/aromatic N) is 1. The Kier molecular flexibility index (Phi) is 3.92. The maximum Gasteiger partial charge on any atom is 0.308 e. The predicted molar refractivity (Wildman–Crippen MR) is 68.8 cm³/mol. The van der Waals surface area contributed by atoms with E-state index in [-0.39, 0.29) is 30.7 Å². The first kappa shape index (κ1) is 14.3. The fraction of sp³-hybridized carbons (Fsp3) is 0.429. The average molecular weight is 281 g/mol. The van der Waals surface area contributed by atoms with Gasteiger partial charge < -0.3 is 14.7 Å². The molecule has 0 spiro atoms. The highest BCUT2D eigenvalue weighted by Crippen LogP contribution is 2.30. The zero-order valence-corrected chi connectivity index (χ0v) is 11.3. The van der Waals surface area contributed by atoms with Crippen molar-refractivity contribution >= 4 is 11.9 Å². The topological polar surface area (TPSA) is 66.8 Å². The number of aliphatic carboxylic acids is 1. The molecule has 1 N–H and O–H groups in total. The van der Waals surface area contributed by atoms with Gasteiger partial charge in [0.25, 0.3) is 0 Å². The monoisotopic (exact) mass is 281 g/mol. The zero-order chi connectivity index (χ0) is 14.9. The standard InChI is InChI=1S/C14H16FNO4/c1-8(9-3-4-12(20-2)11(15)5-9)16-7-10(14(18)19)6-13(16)17/h3-5,8,10H,6-7H2,1-2H3,(H,18,19). The van der Waals surface area contributed by atoms with Crippen LogP contribution in [0, 0.1) is 11.7 Å². The summed E-state index contributed by atoms with van der Waals surface area (Å²) in [5.41, 5.74) is 0.614. The lowest BCUT2D eigenvalue weighted by Crippen LogP contribution is -2.29. The molecule has 2 rings (SSSR count). The average Bonchev–Trinajstić information content (AvgIpc) is 2.80. The summed E-state index contributed by atoms with van der Waals surface area (Å²) < 4.78 is 18.5. The molecule has 1 aliphatic rings. The number of rotatable bonds is 4. The molecule has 1 aromatic rings. The van der Waals surface area contributed by atoms with Crippen molar-refractivity contribution < 1.29 is 23.8 Å². The van der Waals surface area contributed by atoms with Crippen LogP contribution < -0.4 is 4.74 Å². The Hall–Kier alpha value is -2.11. The number of methoxy groups -OCH3 is 1. The molecule has 1 aromatic carbocycles. The molecule has 0 aromatic heterocycles. The van der Waals surface area contributed by atoms with Gasteiger partial charge in [0.15, 0.2) is 11.6 Å². The molecular weight excluding hydrogens is 265 g/mol. The lowest BCUT2D eigenvalue weighted by molar-refractivity contribution is -0.141. The summed E-state index contributed by atoms with van der Waals surface area (Å²) in [5.74, 6) is -2.25. The van der Waals surface area contributed by atoms with Gasteiger partial charge in [0.2, 0.25) is 5.91 Å². The zero-order valence-electron chi connectivity index (χ0n) is 11.3. The molecule has 1 aliphatic heterocycles.